The molecule has 0 N–H and O–H groups in total. The number of rotatable bonds is 79. The summed E-state index contributed by atoms with van der Waals surface area (Å²) in [5, 5.41) is 0. The highest BCUT2D eigenvalue weighted by Crippen LogP contribution is 2.10. The number of carbonyl (C=O) groups excluding carboxylic acids is 1. The predicted octanol–water partition coefficient (Wildman–Crippen LogP) is 6.54. The van der Waals surface area contributed by atoms with Crippen LogP contribution in [0.2, 0.25) is 0 Å². The molecule has 1 rings (SSSR count). The van der Waals surface area contributed by atoms with E-state index < -0.39 is 0 Å². The van der Waals surface area contributed by atoms with Crippen LogP contribution in [0.25, 0.3) is 0 Å². The van der Waals surface area contributed by atoms with E-state index in [9.17, 15) is 4.79 Å². The lowest BCUT2D eigenvalue weighted by molar-refractivity contribution is -0.145. The molecule has 536 valence electrons. The average Bonchev–Trinajstić information content (AvgIpc) is 3.66. The van der Waals surface area contributed by atoms with Crippen LogP contribution in [0.5, 0.6) is 0 Å². The van der Waals surface area contributed by atoms with Crippen molar-refractivity contribution in [3.8, 4) is 0 Å². The molecule has 24 nitrogen and oxygen atoms in total. The lowest BCUT2D eigenvalue weighted by atomic mass is 10.1. The fourth-order valence-electron chi connectivity index (χ4n) is 8.34. The van der Waals surface area contributed by atoms with Crippen LogP contribution in [0.1, 0.15) is 103 Å². The third kappa shape index (κ3) is 73.7. The number of carbonyl (C=O) groups is 1. The minimum absolute atomic E-state index is 0.182. The van der Waals surface area contributed by atoms with Gasteiger partial charge in [-0.1, -0.05) is 76.9 Å². The number of esters is 1. The number of likely N-dealkylation sites (N-methyl/N-ethyl adjacent to an activating group) is 1. The third-order valence-corrected chi connectivity index (χ3v) is 13.6. The van der Waals surface area contributed by atoms with Gasteiger partial charge in [0, 0.05) is 39.3 Å². The van der Waals surface area contributed by atoms with Gasteiger partial charge in [-0.3, -0.25) is 4.79 Å². The maximum absolute atomic E-state index is 11.9. The van der Waals surface area contributed by atoms with Crippen molar-refractivity contribution in [2.24, 2.45) is 0 Å². The lowest BCUT2D eigenvalue weighted by Gasteiger charge is -2.31. The van der Waals surface area contributed by atoms with E-state index in [0.717, 1.165) is 45.8 Å². The largest absolute Gasteiger partial charge is 0.463 e. The van der Waals surface area contributed by atoms with E-state index in [1.165, 1.54) is 83.5 Å². The number of hydrogen-bond donors (Lipinski definition) is 0. The van der Waals surface area contributed by atoms with E-state index in [0.29, 0.717) is 264 Å². The minimum Gasteiger partial charge on any atom is -0.463 e. The molecule has 0 unspecified atom stereocenters. The zero-order valence-electron chi connectivity index (χ0n) is 56.7. The third-order valence-electron chi connectivity index (χ3n) is 13.6. The number of hydrogen-bond acceptors (Lipinski definition) is 24. The maximum atomic E-state index is 11.9. The van der Waals surface area contributed by atoms with Gasteiger partial charge in [-0.15, -0.1) is 0 Å². The quantitative estimate of drug-likeness (QED) is 0.0359. The first kappa shape index (κ1) is 86.3. The van der Waals surface area contributed by atoms with Gasteiger partial charge >= 0.3 is 5.97 Å². The van der Waals surface area contributed by atoms with Crippen molar-refractivity contribution in [3.05, 3.63) is 12.2 Å². The number of piperazine rings is 1. The molecule has 0 aromatic rings. The summed E-state index contributed by atoms with van der Waals surface area (Å²) in [6, 6.07) is 0. The molecule has 0 spiro atoms. The smallest absolute Gasteiger partial charge is 0.307 e. The molecule has 0 aromatic heterocycles. The molecule has 24 heteroatoms. The van der Waals surface area contributed by atoms with Crippen LogP contribution in [0, 0.1) is 0 Å². The Kier molecular flexibility index (Phi) is 74.9. The van der Waals surface area contributed by atoms with E-state index in [1.807, 2.05) is 0 Å². The van der Waals surface area contributed by atoms with Crippen LogP contribution < -0.4 is 0 Å². The molecule has 1 heterocycles. The topological polar surface area (TPSA) is 217 Å². The van der Waals surface area contributed by atoms with E-state index in [1.54, 1.807) is 0 Å². The minimum atomic E-state index is -0.182. The summed E-state index contributed by atoms with van der Waals surface area (Å²) in [7, 11) is 2.12. The SMILES string of the molecule is CCCCCCCCC=CCCCCCCCCOCCOCCOCCOCCOCCOCCOCCOCCOCCOCCOCCOCCOCCOCCOCCOCCOCCOCCOCCOCCOC(=O)CCN1CCN(C)CC1. The highest BCUT2D eigenvalue weighted by Gasteiger charge is 2.15. The zero-order chi connectivity index (χ0) is 64.1. The van der Waals surface area contributed by atoms with E-state index in [4.69, 9.17) is 99.5 Å². The van der Waals surface area contributed by atoms with Crippen molar-refractivity contribution < 1.29 is 104 Å². The summed E-state index contributed by atoms with van der Waals surface area (Å²) >= 11 is 0. The molecule has 0 amide bonds. The first-order valence-electron chi connectivity index (χ1n) is 34.5. The van der Waals surface area contributed by atoms with Gasteiger partial charge in [-0.2, -0.15) is 0 Å². The number of unbranched alkanes of at least 4 members (excludes halogenated alkanes) is 12. The van der Waals surface area contributed by atoms with Gasteiger partial charge in [0.2, 0.25) is 0 Å². The summed E-state index contributed by atoms with van der Waals surface area (Å²) in [5.41, 5.74) is 0. The van der Waals surface area contributed by atoms with Gasteiger partial charge in [0.1, 0.15) is 6.61 Å². The molecule has 0 radical (unpaired) electrons. The Hall–Kier alpha value is -1.67. The van der Waals surface area contributed by atoms with Gasteiger partial charge in [0.15, 0.2) is 0 Å². The van der Waals surface area contributed by atoms with Crippen molar-refractivity contribution in [1.82, 2.24) is 9.80 Å². The molecule has 1 aliphatic heterocycles. The Labute approximate surface area is 544 Å². The Morgan fingerprint density at radius 1 is 0.267 bits per heavy atom. The first-order valence-corrected chi connectivity index (χ1v) is 34.5. The van der Waals surface area contributed by atoms with Crippen LogP contribution in [0.4, 0.5) is 0 Å². The Morgan fingerprint density at radius 3 is 0.733 bits per heavy atom. The van der Waals surface area contributed by atoms with Crippen molar-refractivity contribution >= 4 is 5.97 Å². The Morgan fingerprint density at radius 2 is 0.478 bits per heavy atom. The monoisotopic (exact) mass is 1300 g/mol. The standard InChI is InChI=1S/C66H130N2O22/c1-3-4-5-6-7-8-9-10-11-12-13-14-15-16-17-18-25-70-26-27-71-28-29-72-30-31-73-32-33-74-34-35-75-36-37-76-38-39-77-40-41-78-42-43-79-44-45-80-46-47-81-48-49-82-50-51-83-52-53-84-54-55-85-56-57-86-58-59-87-60-61-88-62-63-89-64-65-90-66(69)19-20-68-23-21-67(2)22-24-68/h10-11H,3-9,12-65H2,1-2H3. The number of nitrogens with zero attached hydrogens (tertiary/aromatic N) is 2. The maximum Gasteiger partial charge on any atom is 0.307 e. The highest BCUT2D eigenvalue weighted by molar-refractivity contribution is 5.69. The summed E-state index contributed by atoms with van der Waals surface area (Å²) < 4.78 is 116. The number of allylic oxidation sites excluding steroid dienone is 2. The van der Waals surface area contributed by atoms with Gasteiger partial charge in [-0.25, -0.2) is 0 Å². The molecule has 1 fully saturated rings. The van der Waals surface area contributed by atoms with Crippen molar-refractivity contribution in [2.75, 3.05) is 311 Å². The molecule has 90 heavy (non-hydrogen) atoms. The molecule has 1 aliphatic rings. The highest BCUT2D eigenvalue weighted by atomic mass is 16.6. The summed E-state index contributed by atoms with van der Waals surface area (Å²) in [4.78, 5) is 16.5. The summed E-state index contributed by atoms with van der Waals surface area (Å²) in [5.74, 6) is -0.182. The fourth-order valence-corrected chi connectivity index (χ4v) is 8.34. The van der Waals surface area contributed by atoms with Crippen LogP contribution in [0.3, 0.4) is 0 Å². The molecule has 0 atom stereocenters. The first-order chi connectivity index (χ1) is 44.7. The van der Waals surface area contributed by atoms with Crippen molar-refractivity contribution in [3.63, 3.8) is 0 Å². The molecular weight excluding hydrogens is 1170 g/mol. The Balaban J connectivity index is 1.59. The Bertz CT molecular complexity index is 1380. The van der Waals surface area contributed by atoms with Gasteiger partial charge in [0.05, 0.1) is 264 Å². The molecule has 0 aliphatic carbocycles. The second-order valence-corrected chi connectivity index (χ2v) is 21.3. The lowest BCUT2D eigenvalue weighted by Crippen LogP contribution is -2.45. The van der Waals surface area contributed by atoms with Gasteiger partial charge in [0.25, 0.3) is 0 Å². The fraction of sp³-hybridized carbons (Fsp3) is 0.955. The van der Waals surface area contributed by atoms with Crippen molar-refractivity contribution in [1.29, 1.82) is 0 Å². The normalized spacial score (nSPS) is 13.3. The average molecular weight is 1300 g/mol. The van der Waals surface area contributed by atoms with E-state index in [-0.39, 0.29) is 12.6 Å². The van der Waals surface area contributed by atoms with E-state index in [2.05, 4.69) is 35.9 Å². The van der Waals surface area contributed by atoms with Crippen molar-refractivity contribution in [2.45, 2.75) is 103 Å². The molecule has 0 saturated carbocycles. The van der Waals surface area contributed by atoms with E-state index >= 15 is 0 Å². The molecule has 0 aromatic carbocycles. The number of ether oxygens (including phenoxy) is 21. The molecular formula is C66H130N2O22. The predicted molar refractivity (Wildman–Crippen MR) is 345 cm³/mol. The summed E-state index contributed by atoms with van der Waals surface area (Å²) in [6.45, 7) is 27.5. The van der Waals surface area contributed by atoms with Gasteiger partial charge in [-0.05, 0) is 39.2 Å². The zero-order valence-corrected chi connectivity index (χ0v) is 56.7. The second kappa shape index (κ2) is 78.0. The van der Waals surface area contributed by atoms with Crippen LogP contribution >= 0.6 is 0 Å². The van der Waals surface area contributed by atoms with Crippen LogP contribution in [0.15, 0.2) is 12.2 Å². The molecule has 0 bridgehead atoms. The molecule has 1 saturated heterocycles. The van der Waals surface area contributed by atoms with Gasteiger partial charge < -0.3 is 109 Å². The van der Waals surface area contributed by atoms with Crippen LogP contribution in [-0.4, -0.2) is 326 Å². The second-order valence-electron chi connectivity index (χ2n) is 21.3. The van der Waals surface area contributed by atoms with Crippen LogP contribution in [-0.2, 0) is 104 Å². The summed E-state index contributed by atoms with van der Waals surface area (Å²) in [6.07, 6.45) is 23.6.